The van der Waals surface area contributed by atoms with Crippen LogP contribution in [0.25, 0.3) is 0 Å². The third-order valence-electron chi connectivity index (χ3n) is 22.2. The van der Waals surface area contributed by atoms with Crippen LogP contribution in [0.5, 0.6) is 0 Å². The molecule has 0 saturated heterocycles. The van der Waals surface area contributed by atoms with Gasteiger partial charge in [-0.25, -0.2) is 9.13 Å². The molecule has 0 fully saturated rings. The number of aliphatic hydroxyl groups is 1. The van der Waals surface area contributed by atoms with E-state index in [1.807, 2.05) is 0 Å². The van der Waals surface area contributed by atoms with Crippen molar-refractivity contribution in [1.29, 1.82) is 0 Å². The molecule has 0 bridgehead atoms. The zero-order valence-electron chi connectivity index (χ0n) is 74.2. The second-order valence-corrected chi connectivity index (χ2v) is 37.5. The summed E-state index contributed by atoms with van der Waals surface area (Å²) in [5, 5.41) is 10.7. The fourth-order valence-electron chi connectivity index (χ4n) is 14.6. The minimum Gasteiger partial charge on any atom is -0.462 e. The number of phosphoric acid groups is 2. The normalized spacial score (nSPS) is 14.0. The zero-order chi connectivity index (χ0) is 82.2. The van der Waals surface area contributed by atoms with E-state index in [4.69, 9.17) is 37.0 Å². The smallest absolute Gasteiger partial charge is 0.462 e. The maximum atomic E-state index is 13.2. The Balaban J connectivity index is 5.21. The second-order valence-electron chi connectivity index (χ2n) is 34.6. The molecule has 0 amide bonds. The van der Waals surface area contributed by atoms with Crippen LogP contribution in [0.15, 0.2) is 0 Å². The van der Waals surface area contributed by atoms with E-state index in [0.717, 1.165) is 108 Å². The predicted octanol–water partition coefficient (Wildman–Crippen LogP) is 28.8. The van der Waals surface area contributed by atoms with Crippen LogP contribution in [0.2, 0.25) is 0 Å². The third kappa shape index (κ3) is 84.5. The summed E-state index contributed by atoms with van der Waals surface area (Å²) in [7, 11) is -9.94. The van der Waals surface area contributed by atoms with Gasteiger partial charge in [-0.15, -0.1) is 0 Å². The number of carbonyl (C=O) groups is 4. The van der Waals surface area contributed by atoms with Crippen LogP contribution in [-0.2, 0) is 65.4 Å². The Bertz CT molecular complexity index is 2150. The van der Waals surface area contributed by atoms with Crippen molar-refractivity contribution in [1.82, 2.24) is 0 Å². The number of esters is 4. The quantitative estimate of drug-likeness (QED) is 0.0222. The Morgan fingerprint density at radius 3 is 0.679 bits per heavy atom. The minimum absolute atomic E-state index is 0.107. The molecule has 0 aromatic heterocycles. The Hall–Kier alpha value is -1.94. The molecule has 0 aliphatic carbocycles. The van der Waals surface area contributed by atoms with Crippen molar-refractivity contribution in [3.8, 4) is 0 Å². The molecule has 19 heteroatoms. The van der Waals surface area contributed by atoms with E-state index in [2.05, 4.69) is 48.5 Å². The predicted molar refractivity (Wildman–Crippen MR) is 465 cm³/mol. The second kappa shape index (κ2) is 82.7. The highest BCUT2D eigenvalue weighted by Gasteiger charge is 2.31. The molecule has 0 heterocycles. The lowest BCUT2D eigenvalue weighted by atomic mass is 9.99. The minimum atomic E-state index is -4.97. The fourth-order valence-corrected chi connectivity index (χ4v) is 16.2. The lowest BCUT2D eigenvalue weighted by Crippen LogP contribution is -2.30. The molecule has 112 heavy (non-hydrogen) atoms. The van der Waals surface area contributed by atoms with E-state index >= 15 is 0 Å². The lowest BCUT2D eigenvalue weighted by molar-refractivity contribution is -0.161. The number of unbranched alkanes of at least 4 members (excludes halogenated alkanes) is 58. The van der Waals surface area contributed by atoms with Gasteiger partial charge in [-0.2, -0.15) is 0 Å². The van der Waals surface area contributed by atoms with Crippen molar-refractivity contribution in [2.75, 3.05) is 39.6 Å². The molecule has 6 atom stereocenters. The summed E-state index contributed by atoms with van der Waals surface area (Å²) in [6, 6.07) is 0. The standard InChI is InChI=1S/C93H182O17P2/c1-8-10-11-12-13-14-15-16-17-18-19-20-21-22-26-31-36-41-46-53-60-67-74-90(95)103-80-88(109-92(97)76-69-62-54-47-42-37-32-27-24-23-25-30-35-40-45-52-59-66-73-86(7)9-2)82-107-111(99,100)105-78-87(94)79-106-112(101,102)108-83-89(81-104-91(96)75-68-61-56-49-51-58-65-72-85(5)6)110-93(98)77-70-63-55-48-43-38-33-28-29-34-39-44-50-57-64-71-84(3)4/h84-89,94H,8-83H2,1-7H3,(H,99,100)(H,101,102)/t86?,87-,88-,89-/m1/s1. The number of hydrogen-bond donors (Lipinski definition) is 3. The van der Waals surface area contributed by atoms with Gasteiger partial charge >= 0.3 is 39.5 Å². The summed E-state index contributed by atoms with van der Waals surface area (Å²) in [5.74, 6) is 0.279. The summed E-state index contributed by atoms with van der Waals surface area (Å²) in [5.41, 5.74) is 0. The Morgan fingerprint density at radius 2 is 0.455 bits per heavy atom. The molecule has 3 N–H and O–H groups in total. The first-order valence-electron chi connectivity index (χ1n) is 47.9. The largest absolute Gasteiger partial charge is 0.472 e. The molecule has 0 aromatic rings. The molecule has 0 radical (unpaired) electrons. The van der Waals surface area contributed by atoms with Crippen LogP contribution in [0.1, 0.15) is 498 Å². The van der Waals surface area contributed by atoms with Gasteiger partial charge in [0.25, 0.3) is 0 Å². The van der Waals surface area contributed by atoms with Gasteiger partial charge in [0.2, 0.25) is 0 Å². The maximum Gasteiger partial charge on any atom is 0.472 e. The molecule has 3 unspecified atom stereocenters. The molecule has 0 aromatic carbocycles. The van der Waals surface area contributed by atoms with Crippen molar-refractivity contribution in [2.24, 2.45) is 17.8 Å². The van der Waals surface area contributed by atoms with E-state index in [0.29, 0.717) is 31.6 Å². The van der Waals surface area contributed by atoms with Gasteiger partial charge in [-0.3, -0.25) is 37.3 Å². The number of ether oxygens (including phenoxy) is 4. The van der Waals surface area contributed by atoms with Crippen molar-refractivity contribution in [2.45, 2.75) is 516 Å². The molecular weight excluding hydrogens is 1450 g/mol. The van der Waals surface area contributed by atoms with Crippen molar-refractivity contribution in [3.05, 3.63) is 0 Å². The van der Waals surface area contributed by atoms with Gasteiger partial charge in [-0.1, -0.05) is 447 Å². The van der Waals surface area contributed by atoms with E-state index in [9.17, 15) is 43.2 Å². The van der Waals surface area contributed by atoms with Crippen molar-refractivity contribution in [3.63, 3.8) is 0 Å². The van der Waals surface area contributed by atoms with Crippen LogP contribution < -0.4 is 0 Å². The van der Waals surface area contributed by atoms with Gasteiger partial charge < -0.3 is 33.8 Å². The highest BCUT2D eigenvalue weighted by Crippen LogP contribution is 2.45. The molecule has 0 rings (SSSR count). The molecule has 0 aliphatic rings. The van der Waals surface area contributed by atoms with Crippen molar-refractivity contribution < 1.29 is 80.2 Å². The number of aliphatic hydroxyl groups excluding tert-OH is 1. The van der Waals surface area contributed by atoms with E-state index in [1.165, 1.54) is 302 Å². The van der Waals surface area contributed by atoms with E-state index in [-0.39, 0.29) is 25.7 Å². The van der Waals surface area contributed by atoms with Gasteiger partial charge in [0.15, 0.2) is 12.2 Å². The average Bonchev–Trinajstić information content (AvgIpc) is 0.899. The fraction of sp³-hybridized carbons (Fsp3) is 0.957. The van der Waals surface area contributed by atoms with Crippen LogP contribution in [-0.4, -0.2) is 96.7 Å². The first kappa shape index (κ1) is 110. The molecule has 0 saturated carbocycles. The summed E-state index contributed by atoms with van der Waals surface area (Å²) in [6.07, 6.45) is 76.7. The maximum absolute atomic E-state index is 13.2. The highest BCUT2D eigenvalue weighted by atomic mass is 31.2. The average molecular weight is 1630 g/mol. The summed E-state index contributed by atoms with van der Waals surface area (Å²) >= 11 is 0. The molecule has 17 nitrogen and oxygen atoms in total. The van der Waals surface area contributed by atoms with Crippen LogP contribution in [0, 0.1) is 17.8 Å². The third-order valence-corrected chi connectivity index (χ3v) is 24.1. The first-order chi connectivity index (χ1) is 54.3. The topological polar surface area (TPSA) is 237 Å². The number of hydrogen-bond acceptors (Lipinski definition) is 15. The van der Waals surface area contributed by atoms with Crippen LogP contribution >= 0.6 is 15.6 Å². The van der Waals surface area contributed by atoms with Gasteiger partial charge in [0.1, 0.15) is 19.3 Å². The number of phosphoric ester groups is 2. The molecule has 666 valence electrons. The summed E-state index contributed by atoms with van der Waals surface area (Å²) < 4.78 is 69.1. The SMILES string of the molecule is CCCCCCCCCCCCCCCCCCCCCCCCC(=O)OC[C@H](COP(=O)(O)OC[C@@H](O)COP(=O)(O)OC[C@@H](COC(=O)CCCCCCCCCC(C)C)OC(=O)CCCCCCCCCCCCCCCCCC(C)C)OC(=O)CCCCCCCCCCCCCCCCCCCCC(C)CC. The number of carbonyl (C=O) groups excluding carboxylic acids is 4. The molecule has 0 spiro atoms. The van der Waals surface area contributed by atoms with E-state index < -0.39 is 97.5 Å². The van der Waals surface area contributed by atoms with Gasteiger partial charge in [-0.05, 0) is 43.4 Å². The highest BCUT2D eigenvalue weighted by molar-refractivity contribution is 7.47. The first-order valence-corrected chi connectivity index (χ1v) is 50.9. The monoisotopic (exact) mass is 1630 g/mol. The lowest BCUT2D eigenvalue weighted by Gasteiger charge is -2.21. The van der Waals surface area contributed by atoms with Gasteiger partial charge in [0, 0.05) is 25.7 Å². The summed E-state index contributed by atoms with van der Waals surface area (Å²) in [4.78, 5) is 73.4. The Labute approximate surface area is 689 Å². The van der Waals surface area contributed by atoms with Crippen molar-refractivity contribution >= 4 is 39.5 Å². The van der Waals surface area contributed by atoms with E-state index in [1.54, 1.807) is 0 Å². The Kier molecular flexibility index (Phi) is 81.3. The Morgan fingerprint density at radius 1 is 0.259 bits per heavy atom. The summed E-state index contributed by atoms with van der Waals surface area (Å²) in [6.45, 7) is 12.1. The number of rotatable bonds is 91. The molecule has 0 aliphatic heterocycles. The molecular formula is C93H182O17P2. The van der Waals surface area contributed by atoms with Crippen LogP contribution in [0.4, 0.5) is 0 Å². The zero-order valence-corrected chi connectivity index (χ0v) is 75.9. The van der Waals surface area contributed by atoms with Crippen LogP contribution in [0.3, 0.4) is 0 Å². The van der Waals surface area contributed by atoms with Gasteiger partial charge in [0.05, 0.1) is 26.4 Å².